The van der Waals surface area contributed by atoms with E-state index in [1.165, 1.54) is 0 Å². The van der Waals surface area contributed by atoms with Crippen molar-refractivity contribution in [2.24, 2.45) is 11.7 Å². The molecule has 24 heavy (non-hydrogen) atoms. The van der Waals surface area contributed by atoms with Gasteiger partial charge in [-0.05, 0) is 25.7 Å². The van der Waals surface area contributed by atoms with Crippen molar-refractivity contribution < 1.29 is 14.4 Å². The molecule has 3 aliphatic rings. The lowest BCUT2D eigenvalue weighted by atomic mass is 9.98. The number of nitrogens with zero attached hydrogens (tertiary/aromatic N) is 1. The van der Waals surface area contributed by atoms with Crippen LogP contribution in [0.5, 0.6) is 0 Å². The Labute approximate surface area is 145 Å². The molecule has 3 rings (SSSR count). The molecule has 5 atom stereocenters. The van der Waals surface area contributed by atoms with Crippen LogP contribution in [0.25, 0.3) is 0 Å². The van der Waals surface area contributed by atoms with Crippen LogP contribution in [-0.2, 0) is 14.4 Å². The van der Waals surface area contributed by atoms with Gasteiger partial charge in [0.25, 0.3) is 0 Å². The zero-order valence-electron chi connectivity index (χ0n) is 13.4. The maximum absolute atomic E-state index is 12.6. The first-order valence-corrected chi connectivity index (χ1v) is 9.29. The molecule has 3 saturated heterocycles. The van der Waals surface area contributed by atoms with Crippen LogP contribution in [-0.4, -0.2) is 58.4 Å². The summed E-state index contributed by atoms with van der Waals surface area (Å²) in [5, 5.41) is 5.61. The van der Waals surface area contributed by atoms with Gasteiger partial charge in [-0.3, -0.25) is 14.4 Å². The molecule has 5 unspecified atom stereocenters. The number of piperidine rings is 1. The zero-order valence-corrected chi connectivity index (χ0v) is 14.2. The molecule has 0 bridgehead atoms. The average Bonchev–Trinajstić information content (AvgIpc) is 3.17. The third-order valence-electron chi connectivity index (χ3n) is 4.89. The standard InChI is InChI=1S/C16H22N4O3S/c1-2-10(7-9-5-6-18-14(9)21)19-15(22)12-8-24-13-4-3-11(17)16(23)20(12)13/h1,9-13H,3-8,17H2,(H,18,21)(H,19,22). The van der Waals surface area contributed by atoms with Crippen molar-refractivity contribution in [3.8, 4) is 12.3 Å². The maximum atomic E-state index is 12.6. The molecule has 8 heteroatoms. The van der Waals surface area contributed by atoms with Gasteiger partial charge in [0, 0.05) is 18.2 Å². The summed E-state index contributed by atoms with van der Waals surface area (Å²) in [7, 11) is 0. The third kappa shape index (κ3) is 3.23. The van der Waals surface area contributed by atoms with E-state index in [1.807, 2.05) is 0 Å². The lowest BCUT2D eigenvalue weighted by molar-refractivity contribution is -0.143. The fraction of sp³-hybridized carbons (Fsp3) is 0.688. The van der Waals surface area contributed by atoms with Crippen LogP contribution in [0, 0.1) is 18.3 Å². The molecule has 0 radical (unpaired) electrons. The molecule has 0 aromatic heterocycles. The second-order valence-corrected chi connectivity index (χ2v) is 7.68. The lowest BCUT2D eigenvalue weighted by Crippen LogP contribution is -2.58. The number of amides is 3. The zero-order chi connectivity index (χ0) is 17.3. The molecule has 0 aliphatic carbocycles. The smallest absolute Gasteiger partial charge is 0.244 e. The number of terminal acetylenes is 1. The van der Waals surface area contributed by atoms with E-state index in [4.69, 9.17) is 12.2 Å². The highest BCUT2D eigenvalue weighted by Crippen LogP contribution is 2.36. The van der Waals surface area contributed by atoms with Gasteiger partial charge < -0.3 is 21.3 Å². The number of nitrogens with two attached hydrogens (primary N) is 1. The summed E-state index contributed by atoms with van der Waals surface area (Å²) < 4.78 is 0. The van der Waals surface area contributed by atoms with Crippen LogP contribution in [0.4, 0.5) is 0 Å². The van der Waals surface area contributed by atoms with Crippen molar-refractivity contribution in [3.63, 3.8) is 0 Å². The van der Waals surface area contributed by atoms with E-state index in [-0.39, 0.29) is 29.0 Å². The van der Waals surface area contributed by atoms with Gasteiger partial charge in [0.2, 0.25) is 17.7 Å². The van der Waals surface area contributed by atoms with Gasteiger partial charge >= 0.3 is 0 Å². The van der Waals surface area contributed by atoms with E-state index in [0.717, 1.165) is 12.8 Å². The number of fused-ring (bicyclic) bond motifs is 1. The molecular formula is C16H22N4O3S. The lowest BCUT2D eigenvalue weighted by Gasteiger charge is -2.35. The minimum atomic E-state index is -0.535. The Morgan fingerprint density at radius 3 is 2.92 bits per heavy atom. The van der Waals surface area contributed by atoms with E-state index in [1.54, 1.807) is 16.7 Å². The Hall–Kier alpha value is -1.72. The second kappa shape index (κ2) is 7.03. The molecule has 0 saturated carbocycles. The van der Waals surface area contributed by atoms with Gasteiger partial charge in [-0.2, -0.15) is 0 Å². The Bertz CT molecular complexity index is 590. The molecule has 3 amide bonds. The van der Waals surface area contributed by atoms with Crippen LogP contribution >= 0.6 is 11.8 Å². The predicted molar refractivity (Wildman–Crippen MR) is 90.6 cm³/mol. The van der Waals surface area contributed by atoms with Gasteiger partial charge in [0.05, 0.1) is 17.5 Å². The van der Waals surface area contributed by atoms with Crippen LogP contribution < -0.4 is 16.4 Å². The molecule has 4 N–H and O–H groups in total. The van der Waals surface area contributed by atoms with Gasteiger partial charge in [-0.1, -0.05) is 5.92 Å². The van der Waals surface area contributed by atoms with Crippen molar-refractivity contribution in [1.82, 2.24) is 15.5 Å². The number of carbonyl (C=O) groups is 3. The summed E-state index contributed by atoms with van der Waals surface area (Å²) in [5.41, 5.74) is 5.84. The van der Waals surface area contributed by atoms with Gasteiger partial charge in [0.15, 0.2) is 0 Å². The van der Waals surface area contributed by atoms with Gasteiger partial charge in [0.1, 0.15) is 6.04 Å². The topological polar surface area (TPSA) is 105 Å². The maximum Gasteiger partial charge on any atom is 0.244 e. The molecule has 130 valence electrons. The highest BCUT2D eigenvalue weighted by Gasteiger charge is 2.46. The van der Waals surface area contributed by atoms with E-state index in [0.29, 0.717) is 25.1 Å². The van der Waals surface area contributed by atoms with Gasteiger partial charge in [-0.25, -0.2) is 0 Å². The van der Waals surface area contributed by atoms with Crippen LogP contribution in [0.2, 0.25) is 0 Å². The number of carbonyl (C=O) groups excluding carboxylic acids is 3. The van der Waals surface area contributed by atoms with E-state index >= 15 is 0 Å². The number of nitrogens with one attached hydrogen (secondary N) is 2. The molecule has 7 nitrogen and oxygen atoms in total. The minimum Gasteiger partial charge on any atom is -0.356 e. The first-order valence-electron chi connectivity index (χ1n) is 8.25. The largest absolute Gasteiger partial charge is 0.356 e. The summed E-state index contributed by atoms with van der Waals surface area (Å²) >= 11 is 1.61. The van der Waals surface area contributed by atoms with Gasteiger partial charge in [-0.15, -0.1) is 18.2 Å². The highest BCUT2D eigenvalue weighted by molar-refractivity contribution is 8.00. The van der Waals surface area contributed by atoms with E-state index in [9.17, 15) is 14.4 Å². The third-order valence-corrected chi connectivity index (χ3v) is 6.25. The second-order valence-electron chi connectivity index (χ2n) is 6.47. The highest BCUT2D eigenvalue weighted by atomic mass is 32.2. The molecule has 0 spiro atoms. The molecular weight excluding hydrogens is 328 g/mol. The first-order chi connectivity index (χ1) is 11.5. The normalized spacial score (nSPS) is 33.6. The first kappa shape index (κ1) is 17.1. The summed E-state index contributed by atoms with van der Waals surface area (Å²) in [4.78, 5) is 38.2. The Kier molecular flexibility index (Phi) is 5.01. The predicted octanol–water partition coefficient (Wildman–Crippen LogP) is -0.978. The van der Waals surface area contributed by atoms with Crippen molar-refractivity contribution >= 4 is 29.5 Å². The summed E-state index contributed by atoms with van der Waals surface area (Å²) in [6.07, 6.45) is 8.14. The molecule has 0 aromatic carbocycles. The summed E-state index contributed by atoms with van der Waals surface area (Å²) in [6, 6.07) is -1.57. The van der Waals surface area contributed by atoms with Crippen molar-refractivity contribution in [3.05, 3.63) is 0 Å². The van der Waals surface area contributed by atoms with E-state index < -0.39 is 18.1 Å². The molecule has 3 fully saturated rings. The van der Waals surface area contributed by atoms with E-state index in [2.05, 4.69) is 16.6 Å². The van der Waals surface area contributed by atoms with Crippen LogP contribution in [0.1, 0.15) is 25.7 Å². The molecule has 0 aromatic rings. The van der Waals surface area contributed by atoms with Crippen molar-refractivity contribution in [1.29, 1.82) is 0 Å². The number of hydrogen-bond acceptors (Lipinski definition) is 5. The van der Waals surface area contributed by atoms with Crippen LogP contribution in [0.3, 0.4) is 0 Å². The average molecular weight is 350 g/mol. The number of hydrogen-bond donors (Lipinski definition) is 3. The minimum absolute atomic E-state index is 0.0156. The number of thioether (sulfide) groups is 1. The fourth-order valence-electron chi connectivity index (χ4n) is 3.51. The Balaban J connectivity index is 1.62. The number of rotatable bonds is 4. The SMILES string of the molecule is C#CC(CC1CCNC1=O)NC(=O)C1CSC2CCC(N)C(=O)N21. The Morgan fingerprint density at radius 1 is 1.46 bits per heavy atom. The molecule has 3 aliphatic heterocycles. The monoisotopic (exact) mass is 350 g/mol. The fourth-order valence-corrected chi connectivity index (χ4v) is 4.94. The van der Waals surface area contributed by atoms with Crippen LogP contribution in [0.15, 0.2) is 0 Å². The van der Waals surface area contributed by atoms with Crippen molar-refractivity contribution in [2.75, 3.05) is 12.3 Å². The molecule has 3 heterocycles. The van der Waals surface area contributed by atoms with Crippen molar-refractivity contribution in [2.45, 2.75) is 49.2 Å². The Morgan fingerprint density at radius 2 is 2.25 bits per heavy atom. The summed E-state index contributed by atoms with van der Waals surface area (Å²) in [5.74, 6) is 2.50. The quantitative estimate of drug-likeness (QED) is 0.566. The summed E-state index contributed by atoms with van der Waals surface area (Å²) in [6.45, 7) is 0.649.